The minimum Gasteiger partial charge on any atom is -0.349 e. The molecule has 0 saturated heterocycles. The molecule has 1 saturated carbocycles. The van der Waals surface area contributed by atoms with Crippen LogP contribution in [0.25, 0.3) is 11.6 Å². The maximum atomic E-state index is 12.5. The van der Waals surface area contributed by atoms with Crippen molar-refractivity contribution in [3.05, 3.63) is 71.3 Å². The number of carbonyl (C=O) groups excluding carboxylic acids is 2. The summed E-state index contributed by atoms with van der Waals surface area (Å²) in [4.78, 5) is 23.9. The van der Waals surface area contributed by atoms with Gasteiger partial charge in [-0.3, -0.25) is 14.8 Å². The lowest BCUT2D eigenvalue weighted by Crippen LogP contribution is -2.26. The first kappa shape index (κ1) is 16.0. The van der Waals surface area contributed by atoms with Crippen LogP contribution < -0.4 is 10.8 Å². The molecule has 122 valence electrons. The van der Waals surface area contributed by atoms with Crippen molar-refractivity contribution in [3.63, 3.8) is 0 Å². The van der Waals surface area contributed by atoms with Gasteiger partial charge in [0.15, 0.2) is 0 Å². The molecule has 0 heterocycles. The van der Waals surface area contributed by atoms with E-state index in [0.29, 0.717) is 11.1 Å². The van der Waals surface area contributed by atoms with E-state index < -0.39 is 5.91 Å². The van der Waals surface area contributed by atoms with E-state index in [-0.39, 0.29) is 11.9 Å². The van der Waals surface area contributed by atoms with Gasteiger partial charge in [0.05, 0.1) is 0 Å². The molecule has 1 fully saturated rings. The molecule has 0 radical (unpaired) electrons. The fourth-order valence-corrected chi connectivity index (χ4v) is 2.35. The summed E-state index contributed by atoms with van der Waals surface area (Å²) in [5.41, 5.74) is 4.17. The normalized spacial score (nSPS) is 14.1. The van der Waals surface area contributed by atoms with Crippen LogP contribution in [-0.2, 0) is 4.79 Å². The Morgan fingerprint density at radius 2 is 1.62 bits per heavy atom. The SMILES string of the molecule is O=C(NC1CC1)C(=Cc1ccc(C(=O)NO)cc1)c1ccccc1. The fraction of sp³-hybridized carbons (Fsp3) is 0.158. The van der Waals surface area contributed by atoms with Crippen molar-refractivity contribution < 1.29 is 14.8 Å². The molecular formula is C19H18N2O3. The van der Waals surface area contributed by atoms with E-state index in [1.807, 2.05) is 30.3 Å². The first-order valence-electron chi connectivity index (χ1n) is 7.80. The Hall–Kier alpha value is -2.92. The Kier molecular flexibility index (Phi) is 4.72. The standard InChI is InChI=1S/C19H18N2O3/c22-18(21-24)15-8-6-13(7-9-15)12-17(14-4-2-1-3-5-14)19(23)20-16-10-11-16/h1-9,12,16,24H,10-11H2,(H,20,23)(H,21,22). The Labute approximate surface area is 140 Å². The number of nitrogens with one attached hydrogen (secondary N) is 2. The average Bonchev–Trinajstić information content (AvgIpc) is 3.44. The van der Waals surface area contributed by atoms with Crippen molar-refractivity contribution in [2.24, 2.45) is 0 Å². The highest BCUT2D eigenvalue weighted by Gasteiger charge is 2.25. The predicted octanol–water partition coefficient (Wildman–Crippen LogP) is 2.62. The second kappa shape index (κ2) is 7.10. The zero-order valence-corrected chi connectivity index (χ0v) is 13.0. The third-order valence-electron chi connectivity index (χ3n) is 3.83. The molecule has 0 spiro atoms. The van der Waals surface area contributed by atoms with E-state index >= 15 is 0 Å². The number of carbonyl (C=O) groups is 2. The number of rotatable bonds is 5. The molecule has 3 rings (SSSR count). The van der Waals surface area contributed by atoms with Gasteiger partial charge in [-0.1, -0.05) is 42.5 Å². The van der Waals surface area contributed by atoms with Crippen molar-refractivity contribution >= 4 is 23.5 Å². The zero-order chi connectivity index (χ0) is 16.9. The van der Waals surface area contributed by atoms with Crippen molar-refractivity contribution in [1.29, 1.82) is 0 Å². The molecule has 5 heteroatoms. The topological polar surface area (TPSA) is 78.4 Å². The monoisotopic (exact) mass is 322 g/mol. The van der Waals surface area contributed by atoms with Gasteiger partial charge in [0.25, 0.3) is 11.8 Å². The van der Waals surface area contributed by atoms with Gasteiger partial charge in [0.2, 0.25) is 0 Å². The summed E-state index contributed by atoms with van der Waals surface area (Å²) in [6.07, 6.45) is 3.85. The second-order valence-corrected chi connectivity index (χ2v) is 5.73. The van der Waals surface area contributed by atoms with Gasteiger partial charge in [-0.2, -0.15) is 0 Å². The van der Waals surface area contributed by atoms with Crippen LogP contribution in [0.3, 0.4) is 0 Å². The average molecular weight is 322 g/mol. The zero-order valence-electron chi connectivity index (χ0n) is 13.0. The molecule has 0 bridgehead atoms. The van der Waals surface area contributed by atoms with Crippen LogP contribution in [-0.4, -0.2) is 23.1 Å². The second-order valence-electron chi connectivity index (χ2n) is 5.73. The fourth-order valence-electron chi connectivity index (χ4n) is 2.35. The van der Waals surface area contributed by atoms with Crippen LogP contribution in [0.5, 0.6) is 0 Å². The molecule has 2 aromatic carbocycles. The van der Waals surface area contributed by atoms with Crippen molar-refractivity contribution in [2.75, 3.05) is 0 Å². The highest BCUT2D eigenvalue weighted by Crippen LogP contribution is 2.23. The van der Waals surface area contributed by atoms with E-state index in [9.17, 15) is 9.59 Å². The van der Waals surface area contributed by atoms with Crippen molar-refractivity contribution in [2.45, 2.75) is 18.9 Å². The molecule has 0 atom stereocenters. The highest BCUT2D eigenvalue weighted by molar-refractivity contribution is 6.24. The third kappa shape index (κ3) is 3.88. The first-order valence-corrected chi connectivity index (χ1v) is 7.80. The van der Waals surface area contributed by atoms with Gasteiger partial charge in [-0.25, -0.2) is 5.48 Å². The van der Waals surface area contributed by atoms with Crippen LogP contribution in [0.1, 0.15) is 34.3 Å². The molecule has 1 aliphatic rings. The van der Waals surface area contributed by atoms with Gasteiger partial charge in [0, 0.05) is 17.2 Å². The van der Waals surface area contributed by atoms with E-state index in [1.54, 1.807) is 35.8 Å². The Balaban J connectivity index is 1.90. The third-order valence-corrected chi connectivity index (χ3v) is 3.83. The Morgan fingerprint density at radius 3 is 2.21 bits per heavy atom. The van der Waals surface area contributed by atoms with Crippen molar-refractivity contribution in [3.8, 4) is 0 Å². The Morgan fingerprint density at radius 1 is 0.958 bits per heavy atom. The maximum absolute atomic E-state index is 12.5. The number of benzene rings is 2. The first-order chi connectivity index (χ1) is 11.7. The summed E-state index contributed by atoms with van der Waals surface area (Å²) >= 11 is 0. The van der Waals surface area contributed by atoms with Crippen LogP contribution in [0, 0.1) is 0 Å². The smallest absolute Gasteiger partial charge is 0.274 e. The number of hydrogen-bond acceptors (Lipinski definition) is 3. The van der Waals surface area contributed by atoms with E-state index in [4.69, 9.17) is 5.21 Å². The van der Waals surface area contributed by atoms with Crippen LogP contribution in [0.2, 0.25) is 0 Å². The molecular weight excluding hydrogens is 304 g/mol. The van der Waals surface area contributed by atoms with Crippen molar-refractivity contribution in [1.82, 2.24) is 10.8 Å². The molecule has 0 aliphatic heterocycles. The summed E-state index contributed by atoms with van der Waals surface area (Å²) in [5.74, 6) is -0.666. The number of hydroxylamine groups is 1. The molecule has 3 N–H and O–H groups in total. The van der Waals surface area contributed by atoms with Gasteiger partial charge in [-0.15, -0.1) is 0 Å². The lowest BCUT2D eigenvalue weighted by atomic mass is 10.0. The summed E-state index contributed by atoms with van der Waals surface area (Å²) in [6, 6.07) is 16.4. The molecule has 2 amide bonds. The molecule has 1 aliphatic carbocycles. The maximum Gasteiger partial charge on any atom is 0.274 e. The van der Waals surface area contributed by atoms with E-state index in [1.165, 1.54) is 0 Å². The lowest BCUT2D eigenvalue weighted by molar-refractivity contribution is -0.115. The largest absolute Gasteiger partial charge is 0.349 e. The molecule has 2 aromatic rings. The predicted molar refractivity (Wildman–Crippen MR) is 91.2 cm³/mol. The quantitative estimate of drug-likeness (QED) is 0.343. The summed E-state index contributed by atoms with van der Waals surface area (Å²) in [6.45, 7) is 0. The minimum absolute atomic E-state index is 0.0964. The van der Waals surface area contributed by atoms with Crippen LogP contribution in [0.15, 0.2) is 54.6 Å². The van der Waals surface area contributed by atoms with Gasteiger partial charge in [-0.05, 0) is 42.2 Å². The van der Waals surface area contributed by atoms with Gasteiger partial charge in [0.1, 0.15) is 0 Å². The minimum atomic E-state index is -0.569. The summed E-state index contributed by atoms with van der Waals surface area (Å²) in [7, 11) is 0. The van der Waals surface area contributed by atoms with Gasteiger partial charge >= 0.3 is 0 Å². The number of hydrogen-bond donors (Lipinski definition) is 3. The van der Waals surface area contributed by atoms with E-state index in [2.05, 4.69) is 5.32 Å². The molecule has 24 heavy (non-hydrogen) atoms. The van der Waals surface area contributed by atoms with Gasteiger partial charge < -0.3 is 5.32 Å². The molecule has 5 nitrogen and oxygen atoms in total. The van der Waals surface area contributed by atoms with Crippen LogP contribution >= 0.6 is 0 Å². The molecule has 0 unspecified atom stereocenters. The van der Waals surface area contributed by atoms with Crippen LogP contribution in [0.4, 0.5) is 0 Å². The highest BCUT2D eigenvalue weighted by atomic mass is 16.5. The van der Waals surface area contributed by atoms with E-state index in [0.717, 1.165) is 24.0 Å². The lowest BCUT2D eigenvalue weighted by Gasteiger charge is -2.09. The molecule has 0 aromatic heterocycles. The summed E-state index contributed by atoms with van der Waals surface area (Å²) < 4.78 is 0. The summed E-state index contributed by atoms with van der Waals surface area (Å²) in [5, 5.41) is 11.7. The Bertz CT molecular complexity index is 763. The number of amides is 2.